The van der Waals surface area contributed by atoms with Crippen molar-refractivity contribution in [2.24, 2.45) is 17.6 Å². The molecule has 1 heterocycles. The van der Waals surface area contributed by atoms with Gasteiger partial charge in [0.2, 0.25) is 5.91 Å². The van der Waals surface area contributed by atoms with Gasteiger partial charge in [-0.1, -0.05) is 26.0 Å². The number of hydrogen-bond donors (Lipinski definition) is 1. The number of amides is 1. The average molecular weight is 276 g/mol. The van der Waals surface area contributed by atoms with E-state index in [0.717, 1.165) is 24.3 Å². The van der Waals surface area contributed by atoms with Crippen molar-refractivity contribution in [3.8, 4) is 5.75 Å². The van der Waals surface area contributed by atoms with E-state index in [1.54, 1.807) is 0 Å². The first-order valence-corrected chi connectivity index (χ1v) is 7.36. The summed E-state index contributed by atoms with van der Waals surface area (Å²) in [5.41, 5.74) is 6.68. The molecule has 0 aliphatic carbocycles. The lowest BCUT2D eigenvalue weighted by atomic mass is 9.95. The maximum atomic E-state index is 12.8. The fraction of sp³-hybridized carbons (Fsp3) is 0.562. The first-order chi connectivity index (χ1) is 9.63. The third-order valence-electron chi connectivity index (χ3n) is 3.60. The molecule has 1 atom stereocenters. The summed E-state index contributed by atoms with van der Waals surface area (Å²) in [6.45, 7) is 5.99. The highest BCUT2D eigenvalue weighted by atomic mass is 16.5. The monoisotopic (exact) mass is 276 g/mol. The van der Waals surface area contributed by atoms with Gasteiger partial charge in [-0.25, -0.2) is 0 Å². The molecule has 0 aromatic heterocycles. The molecule has 1 aromatic carbocycles. The zero-order valence-corrected chi connectivity index (χ0v) is 12.3. The summed E-state index contributed by atoms with van der Waals surface area (Å²) in [5.74, 6) is 1.27. The smallest absolute Gasteiger partial charge is 0.231 e. The van der Waals surface area contributed by atoms with E-state index in [1.165, 1.54) is 0 Å². The summed E-state index contributed by atoms with van der Waals surface area (Å²) in [6, 6.07) is 7.73. The Balaban J connectivity index is 2.24. The third kappa shape index (κ3) is 3.31. The van der Waals surface area contributed by atoms with Crippen molar-refractivity contribution < 1.29 is 9.53 Å². The van der Waals surface area contributed by atoms with Gasteiger partial charge in [0, 0.05) is 13.1 Å². The van der Waals surface area contributed by atoms with Crippen LogP contribution in [0.5, 0.6) is 5.75 Å². The minimum Gasteiger partial charge on any atom is -0.491 e. The van der Waals surface area contributed by atoms with E-state index in [-0.39, 0.29) is 11.8 Å². The van der Waals surface area contributed by atoms with Crippen LogP contribution in [0.15, 0.2) is 24.3 Å². The second-order valence-corrected chi connectivity index (χ2v) is 5.72. The van der Waals surface area contributed by atoms with Crippen LogP contribution in [-0.4, -0.2) is 25.6 Å². The van der Waals surface area contributed by atoms with Crippen LogP contribution in [0, 0.1) is 11.8 Å². The fourth-order valence-electron chi connectivity index (χ4n) is 2.64. The summed E-state index contributed by atoms with van der Waals surface area (Å²) >= 11 is 0. The number of carbonyl (C=O) groups excluding carboxylic acids is 1. The van der Waals surface area contributed by atoms with E-state index < -0.39 is 0 Å². The summed E-state index contributed by atoms with van der Waals surface area (Å²) in [6.07, 6.45) is 1.67. The molecular weight excluding hydrogens is 252 g/mol. The predicted octanol–water partition coefficient (Wildman–Crippen LogP) is 2.42. The molecule has 1 amide bonds. The highest BCUT2D eigenvalue weighted by Gasteiger charge is 2.27. The molecule has 0 spiro atoms. The van der Waals surface area contributed by atoms with Crippen molar-refractivity contribution in [3.63, 3.8) is 0 Å². The molecule has 4 heteroatoms. The summed E-state index contributed by atoms with van der Waals surface area (Å²) in [5, 5.41) is 0. The molecule has 20 heavy (non-hydrogen) atoms. The minimum atomic E-state index is -0.110. The van der Waals surface area contributed by atoms with Crippen molar-refractivity contribution in [2.75, 3.05) is 24.6 Å². The van der Waals surface area contributed by atoms with Crippen molar-refractivity contribution in [2.45, 2.75) is 26.7 Å². The lowest BCUT2D eigenvalue weighted by Gasteiger charge is -2.27. The molecule has 1 aliphatic rings. The van der Waals surface area contributed by atoms with Crippen molar-refractivity contribution in [3.05, 3.63) is 24.3 Å². The second kappa shape index (κ2) is 6.75. The molecule has 0 saturated carbocycles. The summed E-state index contributed by atoms with van der Waals surface area (Å²) in [7, 11) is 0. The zero-order valence-electron chi connectivity index (χ0n) is 12.3. The van der Waals surface area contributed by atoms with Gasteiger partial charge >= 0.3 is 0 Å². The van der Waals surface area contributed by atoms with E-state index >= 15 is 0 Å². The van der Waals surface area contributed by atoms with Crippen LogP contribution in [-0.2, 0) is 4.79 Å². The SMILES string of the molecule is CC(C)CC(CN)C(=O)N1CCCOc2ccccc21. The van der Waals surface area contributed by atoms with E-state index in [2.05, 4.69) is 13.8 Å². The number of rotatable bonds is 4. The van der Waals surface area contributed by atoms with Crippen LogP contribution in [0.3, 0.4) is 0 Å². The van der Waals surface area contributed by atoms with Crippen LogP contribution < -0.4 is 15.4 Å². The number of ether oxygens (including phenoxy) is 1. The highest BCUT2D eigenvalue weighted by Crippen LogP contribution is 2.32. The van der Waals surface area contributed by atoms with Crippen molar-refractivity contribution in [1.82, 2.24) is 0 Å². The first-order valence-electron chi connectivity index (χ1n) is 7.36. The molecule has 1 aromatic rings. The van der Waals surface area contributed by atoms with Gasteiger partial charge in [-0.2, -0.15) is 0 Å². The molecule has 0 bridgehead atoms. The normalized spacial score (nSPS) is 16.3. The molecule has 2 rings (SSSR count). The Kier molecular flexibility index (Phi) is 5.01. The Bertz CT molecular complexity index is 460. The second-order valence-electron chi connectivity index (χ2n) is 5.72. The van der Waals surface area contributed by atoms with E-state index in [4.69, 9.17) is 10.5 Å². The van der Waals surface area contributed by atoms with Gasteiger partial charge in [0.15, 0.2) is 0 Å². The largest absolute Gasteiger partial charge is 0.491 e. The molecule has 0 fully saturated rings. The van der Waals surface area contributed by atoms with Gasteiger partial charge in [0.25, 0.3) is 0 Å². The average Bonchev–Trinajstić information content (AvgIpc) is 2.66. The Morgan fingerprint density at radius 1 is 1.40 bits per heavy atom. The number of fused-ring (bicyclic) bond motifs is 1. The number of para-hydroxylation sites is 2. The van der Waals surface area contributed by atoms with Crippen LogP contribution in [0.4, 0.5) is 5.69 Å². The molecule has 1 unspecified atom stereocenters. The predicted molar refractivity (Wildman–Crippen MR) is 80.9 cm³/mol. The Morgan fingerprint density at radius 2 is 2.15 bits per heavy atom. The van der Waals surface area contributed by atoms with Gasteiger partial charge in [0.1, 0.15) is 5.75 Å². The number of benzene rings is 1. The lowest BCUT2D eigenvalue weighted by molar-refractivity contribution is -0.122. The topological polar surface area (TPSA) is 55.6 Å². The number of anilines is 1. The van der Waals surface area contributed by atoms with Gasteiger partial charge in [-0.3, -0.25) is 4.79 Å². The molecule has 1 aliphatic heterocycles. The molecular formula is C16H24N2O2. The van der Waals surface area contributed by atoms with Crippen LogP contribution in [0.25, 0.3) is 0 Å². The number of nitrogens with zero attached hydrogens (tertiary/aromatic N) is 1. The number of nitrogens with two attached hydrogens (primary N) is 1. The molecule has 2 N–H and O–H groups in total. The third-order valence-corrected chi connectivity index (χ3v) is 3.60. The highest BCUT2D eigenvalue weighted by molar-refractivity contribution is 5.96. The molecule has 0 saturated heterocycles. The van der Waals surface area contributed by atoms with Crippen LogP contribution in [0.2, 0.25) is 0 Å². The van der Waals surface area contributed by atoms with Crippen LogP contribution in [0.1, 0.15) is 26.7 Å². The van der Waals surface area contributed by atoms with Gasteiger partial charge in [-0.15, -0.1) is 0 Å². The summed E-state index contributed by atoms with van der Waals surface area (Å²) in [4.78, 5) is 14.6. The molecule has 4 nitrogen and oxygen atoms in total. The fourth-order valence-corrected chi connectivity index (χ4v) is 2.64. The van der Waals surface area contributed by atoms with Crippen LogP contribution >= 0.6 is 0 Å². The van der Waals surface area contributed by atoms with E-state index in [1.807, 2.05) is 29.2 Å². The summed E-state index contributed by atoms with van der Waals surface area (Å²) < 4.78 is 5.70. The maximum absolute atomic E-state index is 12.8. The standard InChI is InChI=1S/C16H24N2O2/c1-12(2)10-13(11-17)16(19)18-8-5-9-20-15-7-4-3-6-14(15)18/h3-4,6-7,12-13H,5,8-11,17H2,1-2H3. The van der Waals surface area contributed by atoms with E-state index in [9.17, 15) is 4.79 Å². The van der Waals surface area contributed by atoms with Gasteiger partial charge in [-0.05, 0) is 30.9 Å². The minimum absolute atomic E-state index is 0.110. The Hall–Kier alpha value is -1.55. The van der Waals surface area contributed by atoms with Crippen molar-refractivity contribution in [1.29, 1.82) is 0 Å². The molecule has 110 valence electrons. The Morgan fingerprint density at radius 3 is 2.85 bits per heavy atom. The van der Waals surface area contributed by atoms with Crippen molar-refractivity contribution >= 4 is 11.6 Å². The zero-order chi connectivity index (χ0) is 14.5. The quantitative estimate of drug-likeness (QED) is 0.919. The first kappa shape index (κ1) is 14.9. The van der Waals surface area contributed by atoms with Gasteiger partial charge in [0.05, 0.1) is 18.2 Å². The molecule has 0 radical (unpaired) electrons. The number of hydrogen-bond acceptors (Lipinski definition) is 3. The number of carbonyl (C=O) groups is 1. The maximum Gasteiger partial charge on any atom is 0.231 e. The Labute approximate surface area is 120 Å². The van der Waals surface area contributed by atoms with Gasteiger partial charge < -0.3 is 15.4 Å². The van der Waals surface area contributed by atoms with E-state index in [0.29, 0.717) is 25.6 Å². The lowest BCUT2D eigenvalue weighted by Crippen LogP contribution is -2.40.